The fraction of sp³-hybridized carbons (Fsp3) is 0. The van der Waals surface area contributed by atoms with Gasteiger partial charge in [-0.1, -0.05) is 0 Å². The first-order valence-electron chi connectivity index (χ1n) is 4.43. The Morgan fingerprint density at radius 3 is 1.60 bits per heavy atom. The van der Waals surface area contributed by atoms with Crippen LogP contribution in [0.15, 0.2) is 57.5 Å². The third kappa shape index (κ3) is 3.46. The second-order valence-corrected chi connectivity index (χ2v) is 7.25. The first kappa shape index (κ1) is 11.4. The summed E-state index contributed by atoms with van der Waals surface area (Å²) in [6.45, 7) is 0. The van der Waals surface area contributed by atoms with Crippen LogP contribution in [0.1, 0.15) is 0 Å². The standard InChI is InChI=1S/C12H8Br2Se/c13-9-3-1-5-11(7-9)15-12-6-2-4-10(14)8-12/h1-8H. The zero-order chi connectivity index (χ0) is 10.7. The molecule has 15 heavy (non-hydrogen) atoms. The van der Waals surface area contributed by atoms with E-state index >= 15 is 0 Å². The van der Waals surface area contributed by atoms with Crippen molar-refractivity contribution in [2.75, 3.05) is 0 Å². The first-order chi connectivity index (χ1) is 7.24. The van der Waals surface area contributed by atoms with Crippen LogP contribution < -0.4 is 8.92 Å². The third-order valence-corrected chi connectivity index (χ3v) is 4.87. The van der Waals surface area contributed by atoms with Gasteiger partial charge in [0, 0.05) is 0 Å². The van der Waals surface area contributed by atoms with Crippen LogP contribution in [0.4, 0.5) is 0 Å². The summed E-state index contributed by atoms with van der Waals surface area (Å²) in [6, 6.07) is 17.0. The summed E-state index contributed by atoms with van der Waals surface area (Å²) in [4.78, 5) is 0. The monoisotopic (exact) mass is 390 g/mol. The molecule has 3 heteroatoms. The van der Waals surface area contributed by atoms with E-state index in [-0.39, 0.29) is 0 Å². The van der Waals surface area contributed by atoms with Gasteiger partial charge in [-0.05, 0) is 0 Å². The van der Waals surface area contributed by atoms with E-state index in [0.717, 1.165) is 8.95 Å². The summed E-state index contributed by atoms with van der Waals surface area (Å²) in [5.41, 5.74) is 0. The first-order valence-corrected chi connectivity index (χ1v) is 7.73. The molecule has 0 amide bonds. The molecule has 2 aromatic carbocycles. The average Bonchev–Trinajstić information content (AvgIpc) is 2.17. The predicted molar refractivity (Wildman–Crippen MR) is 73.3 cm³/mol. The van der Waals surface area contributed by atoms with Crippen molar-refractivity contribution in [3.63, 3.8) is 0 Å². The summed E-state index contributed by atoms with van der Waals surface area (Å²) in [7, 11) is 0. The average molecular weight is 391 g/mol. The van der Waals surface area contributed by atoms with Gasteiger partial charge in [-0.25, -0.2) is 0 Å². The molecule has 0 saturated carbocycles. The molecule has 0 fully saturated rings. The molecule has 76 valence electrons. The normalized spacial score (nSPS) is 10.3. The molecule has 2 rings (SSSR count). The van der Waals surface area contributed by atoms with E-state index in [1.165, 1.54) is 8.92 Å². The topological polar surface area (TPSA) is 0 Å². The fourth-order valence-corrected chi connectivity index (χ4v) is 4.64. The summed E-state index contributed by atoms with van der Waals surface area (Å²) in [6.07, 6.45) is 0. The Labute approximate surface area is 113 Å². The van der Waals surface area contributed by atoms with E-state index in [1.807, 2.05) is 0 Å². The predicted octanol–water partition coefficient (Wildman–Crippen LogP) is 2.87. The van der Waals surface area contributed by atoms with Gasteiger partial charge in [0.2, 0.25) is 0 Å². The molecule has 0 aromatic heterocycles. The van der Waals surface area contributed by atoms with E-state index in [9.17, 15) is 0 Å². The SMILES string of the molecule is Brc1cccc([Se]c2cccc(Br)c2)c1. The van der Waals surface area contributed by atoms with Crippen molar-refractivity contribution in [1.82, 2.24) is 0 Å². The maximum atomic E-state index is 3.49. The van der Waals surface area contributed by atoms with Gasteiger partial charge in [-0.3, -0.25) is 0 Å². The van der Waals surface area contributed by atoms with Gasteiger partial charge < -0.3 is 0 Å². The number of benzene rings is 2. The van der Waals surface area contributed by atoms with Crippen LogP contribution in [0.3, 0.4) is 0 Å². The van der Waals surface area contributed by atoms with Crippen LogP contribution in [0.2, 0.25) is 0 Å². The molecule has 0 unspecified atom stereocenters. The van der Waals surface area contributed by atoms with Crippen LogP contribution in [0.25, 0.3) is 0 Å². The number of hydrogen-bond donors (Lipinski definition) is 0. The number of rotatable bonds is 2. The zero-order valence-corrected chi connectivity index (χ0v) is 12.7. The van der Waals surface area contributed by atoms with E-state index in [2.05, 4.69) is 80.4 Å². The van der Waals surface area contributed by atoms with E-state index < -0.39 is 0 Å². The van der Waals surface area contributed by atoms with Crippen molar-refractivity contribution in [2.24, 2.45) is 0 Å². The van der Waals surface area contributed by atoms with Crippen molar-refractivity contribution in [3.8, 4) is 0 Å². The molecule has 0 bridgehead atoms. The van der Waals surface area contributed by atoms with Crippen molar-refractivity contribution in [2.45, 2.75) is 0 Å². The van der Waals surface area contributed by atoms with Crippen LogP contribution in [0, 0.1) is 0 Å². The summed E-state index contributed by atoms with van der Waals surface area (Å²) in [5.74, 6) is 0. The Kier molecular flexibility index (Phi) is 4.04. The Balaban J connectivity index is 2.22. The minimum atomic E-state index is 0.382. The molecule has 0 saturated heterocycles. The van der Waals surface area contributed by atoms with E-state index in [4.69, 9.17) is 0 Å². The summed E-state index contributed by atoms with van der Waals surface area (Å²) >= 11 is 7.36. The number of halogens is 2. The molecule has 0 aliphatic carbocycles. The molecule has 0 spiro atoms. The van der Waals surface area contributed by atoms with Crippen LogP contribution in [-0.4, -0.2) is 15.0 Å². The van der Waals surface area contributed by atoms with E-state index in [0.29, 0.717) is 15.0 Å². The Morgan fingerprint density at radius 1 is 0.733 bits per heavy atom. The van der Waals surface area contributed by atoms with Gasteiger partial charge in [0.15, 0.2) is 0 Å². The molecule has 0 nitrogen and oxygen atoms in total. The van der Waals surface area contributed by atoms with Crippen molar-refractivity contribution in [3.05, 3.63) is 57.5 Å². The Hall–Kier alpha value is -0.0805. The Morgan fingerprint density at radius 2 is 1.20 bits per heavy atom. The molecule has 0 heterocycles. The number of hydrogen-bond acceptors (Lipinski definition) is 0. The molecule has 0 aliphatic heterocycles. The van der Waals surface area contributed by atoms with Crippen LogP contribution >= 0.6 is 31.9 Å². The van der Waals surface area contributed by atoms with Gasteiger partial charge in [-0.2, -0.15) is 0 Å². The van der Waals surface area contributed by atoms with Gasteiger partial charge in [0.1, 0.15) is 0 Å². The molecule has 0 aliphatic rings. The molecule has 0 atom stereocenters. The van der Waals surface area contributed by atoms with Gasteiger partial charge in [-0.15, -0.1) is 0 Å². The maximum absolute atomic E-state index is 3.49. The van der Waals surface area contributed by atoms with Gasteiger partial charge >= 0.3 is 113 Å². The fourth-order valence-electron chi connectivity index (χ4n) is 1.20. The molecular weight excluding hydrogens is 383 g/mol. The second-order valence-electron chi connectivity index (χ2n) is 3.02. The summed E-state index contributed by atoms with van der Waals surface area (Å²) in [5, 5.41) is 0. The molecule has 0 radical (unpaired) electrons. The second kappa shape index (κ2) is 5.31. The molecule has 0 N–H and O–H groups in total. The van der Waals surface area contributed by atoms with Crippen LogP contribution in [-0.2, 0) is 0 Å². The van der Waals surface area contributed by atoms with E-state index in [1.54, 1.807) is 0 Å². The van der Waals surface area contributed by atoms with Crippen LogP contribution in [0.5, 0.6) is 0 Å². The Bertz CT molecular complexity index is 425. The molecular formula is C12H8Br2Se. The zero-order valence-electron chi connectivity index (χ0n) is 7.78. The third-order valence-electron chi connectivity index (χ3n) is 1.83. The van der Waals surface area contributed by atoms with Crippen molar-refractivity contribution >= 4 is 55.7 Å². The minimum absolute atomic E-state index is 0.382. The van der Waals surface area contributed by atoms with Crippen molar-refractivity contribution < 1.29 is 0 Å². The van der Waals surface area contributed by atoms with Gasteiger partial charge in [0.05, 0.1) is 0 Å². The van der Waals surface area contributed by atoms with Crippen molar-refractivity contribution in [1.29, 1.82) is 0 Å². The summed E-state index contributed by atoms with van der Waals surface area (Å²) < 4.78 is 5.07. The van der Waals surface area contributed by atoms with Gasteiger partial charge in [0.25, 0.3) is 0 Å². The quantitative estimate of drug-likeness (QED) is 0.692. The molecule has 2 aromatic rings.